The molecule has 1 amide bonds. The Hall–Kier alpha value is -3.40. The van der Waals surface area contributed by atoms with Gasteiger partial charge in [0.1, 0.15) is 0 Å². The van der Waals surface area contributed by atoms with Crippen LogP contribution in [0.5, 0.6) is 0 Å². The van der Waals surface area contributed by atoms with Crippen LogP contribution in [0.25, 0.3) is 22.0 Å². The number of hydrogen-bond donors (Lipinski definition) is 1. The van der Waals surface area contributed by atoms with Crippen LogP contribution >= 0.6 is 0 Å². The molecule has 1 heterocycles. The van der Waals surface area contributed by atoms with Crippen molar-refractivity contribution in [2.75, 3.05) is 0 Å². The molecule has 186 valence electrons. The highest BCUT2D eigenvalue weighted by molar-refractivity contribution is 5.92. The van der Waals surface area contributed by atoms with Crippen molar-refractivity contribution >= 4 is 16.8 Å². The van der Waals surface area contributed by atoms with E-state index in [0.29, 0.717) is 17.5 Å². The number of nitrogens with two attached hydrogens (primary N) is 1. The van der Waals surface area contributed by atoms with E-state index in [-0.39, 0.29) is 11.3 Å². The van der Waals surface area contributed by atoms with Gasteiger partial charge in [-0.15, -0.1) is 0 Å². The number of hydrogen-bond acceptors (Lipinski definition) is 2. The van der Waals surface area contributed by atoms with Gasteiger partial charge in [0.05, 0.1) is 17.8 Å². The number of rotatable bonds is 6. The second-order valence-corrected chi connectivity index (χ2v) is 11.4. The average molecular weight is 480 g/mol. The van der Waals surface area contributed by atoms with Gasteiger partial charge in [-0.25, -0.2) is 0 Å². The predicted molar refractivity (Wildman–Crippen MR) is 148 cm³/mol. The monoisotopic (exact) mass is 479 g/mol. The summed E-state index contributed by atoms with van der Waals surface area (Å²) in [5.41, 5.74) is 12.4. The number of carbonyl (C=O) groups is 1. The van der Waals surface area contributed by atoms with Gasteiger partial charge in [0, 0.05) is 10.9 Å². The largest absolute Gasteiger partial charge is 0.366 e. The highest BCUT2D eigenvalue weighted by Gasteiger charge is 2.27. The summed E-state index contributed by atoms with van der Waals surface area (Å²) >= 11 is 0. The molecule has 4 heteroatoms. The van der Waals surface area contributed by atoms with Crippen molar-refractivity contribution in [1.82, 2.24) is 9.78 Å². The quantitative estimate of drug-likeness (QED) is 0.312. The number of amides is 1. The average Bonchev–Trinajstić information content (AvgIpc) is 3.30. The van der Waals surface area contributed by atoms with Gasteiger partial charge in [-0.05, 0) is 77.1 Å². The summed E-state index contributed by atoms with van der Waals surface area (Å²) in [4.78, 5) is 11.5. The molecule has 4 aromatic rings. The minimum Gasteiger partial charge on any atom is -0.366 e. The van der Waals surface area contributed by atoms with Crippen LogP contribution in [0.4, 0.5) is 0 Å². The van der Waals surface area contributed by atoms with Gasteiger partial charge in [-0.2, -0.15) is 5.10 Å². The zero-order valence-electron chi connectivity index (χ0n) is 21.7. The Morgan fingerprint density at radius 1 is 0.944 bits per heavy atom. The number of aromatic nitrogens is 2. The highest BCUT2D eigenvalue weighted by Crippen LogP contribution is 2.37. The molecule has 1 aromatic heterocycles. The SMILES string of the molecule is CC(C)(C)c1ccc(-c2ccc3c(cnn3C(Cc3ccc(C(N)=O)cc3)C3CCCCC3)c2)cc1. The summed E-state index contributed by atoms with van der Waals surface area (Å²) in [5.74, 6) is 0.217. The van der Waals surface area contributed by atoms with Gasteiger partial charge < -0.3 is 5.73 Å². The zero-order chi connectivity index (χ0) is 25.3. The van der Waals surface area contributed by atoms with Crippen LogP contribution in [0.1, 0.15) is 80.4 Å². The van der Waals surface area contributed by atoms with Crippen molar-refractivity contribution in [2.45, 2.75) is 70.8 Å². The van der Waals surface area contributed by atoms with Gasteiger partial charge in [-0.3, -0.25) is 9.48 Å². The number of primary amides is 1. The molecular formula is C32H37N3O. The van der Waals surface area contributed by atoms with E-state index in [2.05, 4.69) is 67.9 Å². The molecule has 2 N–H and O–H groups in total. The van der Waals surface area contributed by atoms with E-state index in [1.807, 2.05) is 30.5 Å². The first-order valence-corrected chi connectivity index (χ1v) is 13.3. The molecule has 1 aliphatic carbocycles. The Morgan fingerprint density at radius 3 is 2.25 bits per heavy atom. The summed E-state index contributed by atoms with van der Waals surface area (Å²) < 4.78 is 2.26. The predicted octanol–water partition coefficient (Wildman–Crippen LogP) is 7.46. The van der Waals surface area contributed by atoms with Crippen LogP contribution in [0.2, 0.25) is 0 Å². The maximum Gasteiger partial charge on any atom is 0.248 e. The molecule has 0 saturated heterocycles. The fraction of sp³-hybridized carbons (Fsp3) is 0.375. The van der Waals surface area contributed by atoms with E-state index >= 15 is 0 Å². The van der Waals surface area contributed by atoms with E-state index in [1.54, 1.807) is 0 Å². The Kier molecular flexibility index (Phi) is 6.70. The van der Waals surface area contributed by atoms with E-state index in [9.17, 15) is 4.79 Å². The lowest BCUT2D eigenvalue weighted by molar-refractivity contribution is 0.100. The fourth-order valence-electron chi connectivity index (χ4n) is 5.68. The van der Waals surface area contributed by atoms with Crippen LogP contribution in [0.15, 0.2) is 72.9 Å². The third kappa shape index (κ3) is 5.09. The molecule has 1 aliphatic rings. The lowest BCUT2D eigenvalue weighted by Crippen LogP contribution is -2.25. The lowest BCUT2D eigenvalue weighted by atomic mass is 9.81. The topological polar surface area (TPSA) is 60.9 Å². The smallest absolute Gasteiger partial charge is 0.248 e. The molecule has 0 bridgehead atoms. The Morgan fingerprint density at radius 2 is 1.61 bits per heavy atom. The summed E-state index contributed by atoms with van der Waals surface area (Å²) in [6.07, 6.45) is 9.30. The van der Waals surface area contributed by atoms with Crippen LogP contribution in [0.3, 0.4) is 0 Å². The first-order valence-electron chi connectivity index (χ1n) is 13.3. The molecule has 4 nitrogen and oxygen atoms in total. The molecule has 0 aliphatic heterocycles. The molecule has 1 atom stereocenters. The van der Waals surface area contributed by atoms with Crippen molar-refractivity contribution in [1.29, 1.82) is 0 Å². The van der Waals surface area contributed by atoms with Gasteiger partial charge in [0.2, 0.25) is 5.91 Å². The van der Waals surface area contributed by atoms with E-state index < -0.39 is 0 Å². The van der Waals surface area contributed by atoms with E-state index in [4.69, 9.17) is 10.8 Å². The molecule has 1 unspecified atom stereocenters. The lowest BCUT2D eigenvalue weighted by Gasteiger charge is -2.31. The summed E-state index contributed by atoms with van der Waals surface area (Å²) in [6, 6.07) is 23.7. The van der Waals surface area contributed by atoms with Crippen molar-refractivity contribution < 1.29 is 4.79 Å². The van der Waals surface area contributed by atoms with Crippen LogP contribution in [-0.2, 0) is 11.8 Å². The summed E-state index contributed by atoms with van der Waals surface area (Å²) in [5, 5.41) is 6.11. The van der Waals surface area contributed by atoms with Gasteiger partial charge in [0.15, 0.2) is 0 Å². The number of benzene rings is 3. The highest BCUT2D eigenvalue weighted by atomic mass is 16.1. The maximum absolute atomic E-state index is 11.5. The summed E-state index contributed by atoms with van der Waals surface area (Å²) in [7, 11) is 0. The van der Waals surface area contributed by atoms with E-state index in [1.165, 1.54) is 65.3 Å². The molecular weight excluding hydrogens is 442 g/mol. The van der Waals surface area contributed by atoms with Crippen LogP contribution in [-0.4, -0.2) is 15.7 Å². The van der Waals surface area contributed by atoms with Crippen LogP contribution in [0, 0.1) is 5.92 Å². The third-order valence-corrected chi connectivity index (χ3v) is 7.87. The maximum atomic E-state index is 11.5. The minimum absolute atomic E-state index is 0.151. The zero-order valence-corrected chi connectivity index (χ0v) is 21.7. The first kappa shape index (κ1) is 24.3. The standard InChI is InChI=1S/C32H37N3O/c1-32(2,3)28-16-13-23(14-17-28)26-15-18-29-27(20-26)21-34-35(29)30(24-7-5-4-6-8-24)19-22-9-11-25(12-10-22)31(33)36/h9-18,20-21,24,30H,4-8,19H2,1-3H3,(H2,33,36). The molecule has 36 heavy (non-hydrogen) atoms. The Labute approximate surface area is 214 Å². The second-order valence-electron chi connectivity index (χ2n) is 11.4. The van der Waals surface area contributed by atoms with E-state index in [0.717, 1.165) is 6.42 Å². The third-order valence-electron chi connectivity index (χ3n) is 7.87. The van der Waals surface area contributed by atoms with Gasteiger partial charge >= 0.3 is 0 Å². The van der Waals surface area contributed by atoms with Crippen molar-refractivity contribution in [2.24, 2.45) is 11.7 Å². The van der Waals surface area contributed by atoms with Crippen molar-refractivity contribution in [3.63, 3.8) is 0 Å². The number of carbonyl (C=O) groups excluding carboxylic acids is 1. The first-order chi connectivity index (χ1) is 17.3. The normalized spacial score (nSPS) is 15.8. The van der Waals surface area contributed by atoms with Gasteiger partial charge in [0.25, 0.3) is 0 Å². The molecule has 5 rings (SSSR count). The number of nitrogens with zero attached hydrogens (tertiary/aromatic N) is 2. The van der Waals surface area contributed by atoms with Gasteiger partial charge in [-0.1, -0.05) is 82.5 Å². The molecule has 1 fully saturated rings. The molecule has 0 spiro atoms. The van der Waals surface area contributed by atoms with Crippen LogP contribution < -0.4 is 5.73 Å². The minimum atomic E-state index is -0.382. The van der Waals surface area contributed by atoms with Crippen molar-refractivity contribution in [3.8, 4) is 11.1 Å². The Bertz CT molecular complexity index is 1340. The van der Waals surface area contributed by atoms with Crippen molar-refractivity contribution in [3.05, 3.63) is 89.6 Å². The molecule has 1 saturated carbocycles. The Balaban J connectivity index is 1.46. The second kappa shape index (κ2) is 9.93. The number of fused-ring (bicyclic) bond motifs is 1. The summed E-state index contributed by atoms with van der Waals surface area (Å²) in [6.45, 7) is 6.74. The molecule has 0 radical (unpaired) electrons. The molecule has 3 aromatic carbocycles. The fourth-order valence-corrected chi connectivity index (χ4v) is 5.68.